The van der Waals surface area contributed by atoms with E-state index in [1.807, 2.05) is 0 Å². The van der Waals surface area contributed by atoms with Crippen LogP contribution in [0.5, 0.6) is 0 Å². The summed E-state index contributed by atoms with van der Waals surface area (Å²) in [6.45, 7) is 1.90. The van der Waals surface area contributed by atoms with E-state index in [-0.39, 0.29) is 29.9 Å². The van der Waals surface area contributed by atoms with E-state index in [1.54, 1.807) is 23.5 Å². The van der Waals surface area contributed by atoms with Crippen molar-refractivity contribution in [1.82, 2.24) is 9.88 Å². The van der Waals surface area contributed by atoms with Crippen LogP contribution in [-0.2, 0) is 17.8 Å². The zero-order valence-electron chi connectivity index (χ0n) is 12.5. The molecule has 1 aliphatic heterocycles. The number of likely N-dealkylation sites (N-methyl/N-ethyl adjacent to an activating group) is 1. The Balaban J connectivity index is 0.00000192. The number of benzene rings is 1. The van der Waals surface area contributed by atoms with Crippen LogP contribution in [0.2, 0.25) is 0 Å². The molecule has 23 heavy (non-hydrogen) atoms. The molecule has 0 saturated carbocycles. The summed E-state index contributed by atoms with van der Waals surface area (Å²) in [5, 5.41) is 3.52. The van der Waals surface area contributed by atoms with E-state index < -0.39 is 0 Å². The molecule has 0 spiro atoms. The number of carbonyl (C=O) groups is 1. The Morgan fingerprint density at radius 3 is 2.91 bits per heavy atom. The summed E-state index contributed by atoms with van der Waals surface area (Å²) in [6, 6.07) is 6.13. The lowest BCUT2D eigenvalue weighted by atomic mass is 10.2. The lowest BCUT2D eigenvalue weighted by Gasteiger charge is -2.20. The minimum Gasteiger partial charge on any atom is -0.301 e. The predicted molar refractivity (Wildman–Crippen MR) is 95.2 cm³/mol. The van der Waals surface area contributed by atoms with Gasteiger partial charge in [0, 0.05) is 29.3 Å². The number of thioether (sulfide) groups is 1. The van der Waals surface area contributed by atoms with Gasteiger partial charge in [-0.05, 0) is 31.3 Å². The van der Waals surface area contributed by atoms with Crippen LogP contribution < -0.4 is 5.32 Å². The largest absolute Gasteiger partial charge is 0.301 e. The quantitative estimate of drug-likeness (QED) is 0.834. The second kappa shape index (κ2) is 8.10. The average molecular weight is 374 g/mol. The first kappa shape index (κ1) is 18.2. The van der Waals surface area contributed by atoms with Gasteiger partial charge in [0.25, 0.3) is 0 Å². The minimum atomic E-state index is -0.271. The topological polar surface area (TPSA) is 45.2 Å². The highest BCUT2D eigenvalue weighted by molar-refractivity contribution is 8.00. The Morgan fingerprint density at radius 2 is 2.17 bits per heavy atom. The molecular formula is C15H17ClFN3OS2. The Labute approximate surface area is 148 Å². The van der Waals surface area contributed by atoms with Crippen molar-refractivity contribution in [1.29, 1.82) is 0 Å². The number of thiazole rings is 1. The first-order valence-electron chi connectivity index (χ1n) is 6.95. The summed E-state index contributed by atoms with van der Waals surface area (Å²) in [5.74, 6) is -0.0728. The van der Waals surface area contributed by atoms with Gasteiger partial charge in [-0.15, -0.1) is 35.5 Å². The molecule has 1 amide bonds. The third kappa shape index (κ3) is 4.91. The van der Waals surface area contributed by atoms with Gasteiger partial charge in [-0.3, -0.25) is 4.79 Å². The Morgan fingerprint density at radius 1 is 1.43 bits per heavy atom. The minimum absolute atomic E-state index is 0. The Kier molecular flexibility index (Phi) is 6.41. The van der Waals surface area contributed by atoms with Gasteiger partial charge >= 0.3 is 0 Å². The normalized spacial score (nSPS) is 14.0. The van der Waals surface area contributed by atoms with Gasteiger partial charge < -0.3 is 10.2 Å². The van der Waals surface area contributed by atoms with E-state index in [0.717, 1.165) is 30.1 Å². The fourth-order valence-corrected chi connectivity index (χ4v) is 4.01. The molecule has 2 aromatic rings. The Hall–Kier alpha value is -1.15. The van der Waals surface area contributed by atoms with Crippen molar-refractivity contribution < 1.29 is 9.18 Å². The smallest absolute Gasteiger partial charge is 0.236 e. The molecule has 0 atom stereocenters. The molecule has 1 aromatic heterocycles. The highest BCUT2D eigenvalue weighted by Gasteiger charge is 2.19. The summed E-state index contributed by atoms with van der Waals surface area (Å²) in [7, 11) is 2.08. The molecule has 0 unspecified atom stereocenters. The van der Waals surface area contributed by atoms with Crippen LogP contribution in [0.15, 0.2) is 29.2 Å². The highest BCUT2D eigenvalue weighted by atomic mass is 35.5. The molecule has 0 bridgehead atoms. The number of fused-ring (bicyclic) bond motifs is 1. The monoisotopic (exact) mass is 373 g/mol. The predicted octanol–water partition coefficient (Wildman–Crippen LogP) is 3.42. The number of nitrogens with zero attached hydrogens (tertiary/aromatic N) is 2. The lowest BCUT2D eigenvalue weighted by molar-refractivity contribution is -0.113. The van der Waals surface area contributed by atoms with Gasteiger partial charge in [0.15, 0.2) is 5.13 Å². The van der Waals surface area contributed by atoms with Gasteiger partial charge in [-0.2, -0.15) is 0 Å². The van der Waals surface area contributed by atoms with Gasteiger partial charge in [0.2, 0.25) is 5.91 Å². The number of nitrogens with one attached hydrogen (secondary N) is 1. The number of amides is 1. The van der Waals surface area contributed by atoms with Crippen LogP contribution in [0.3, 0.4) is 0 Å². The first-order valence-corrected chi connectivity index (χ1v) is 8.76. The van der Waals surface area contributed by atoms with E-state index in [2.05, 4.69) is 22.2 Å². The average Bonchev–Trinajstić information content (AvgIpc) is 2.88. The van der Waals surface area contributed by atoms with Crippen molar-refractivity contribution in [2.75, 3.05) is 24.7 Å². The molecule has 2 heterocycles. The van der Waals surface area contributed by atoms with E-state index in [4.69, 9.17) is 0 Å². The number of carbonyl (C=O) groups excluding carboxylic acids is 1. The number of rotatable bonds is 4. The molecule has 124 valence electrons. The maximum absolute atomic E-state index is 12.8. The Bertz CT molecular complexity index is 678. The van der Waals surface area contributed by atoms with E-state index in [9.17, 15) is 9.18 Å². The van der Waals surface area contributed by atoms with Crippen LogP contribution >= 0.6 is 35.5 Å². The second-order valence-electron chi connectivity index (χ2n) is 5.17. The molecule has 8 heteroatoms. The van der Waals surface area contributed by atoms with Crippen LogP contribution in [0.25, 0.3) is 0 Å². The molecular weight excluding hydrogens is 357 g/mol. The fourth-order valence-electron chi connectivity index (χ4n) is 2.21. The molecule has 1 N–H and O–H groups in total. The maximum Gasteiger partial charge on any atom is 0.236 e. The SMILES string of the molecule is CN1CCc2nc(NC(=O)CSc3ccc(F)cc3)sc2C1.Cl. The van der Waals surface area contributed by atoms with Crippen molar-refractivity contribution in [3.8, 4) is 0 Å². The molecule has 4 nitrogen and oxygen atoms in total. The number of halogens is 2. The highest BCUT2D eigenvalue weighted by Crippen LogP contribution is 2.28. The van der Waals surface area contributed by atoms with Crippen molar-refractivity contribution in [3.63, 3.8) is 0 Å². The summed E-state index contributed by atoms with van der Waals surface area (Å²) >= 11 is 2.93. The van der Waals surface area contributed by atoms with Crippen LogP contribution in [0, 0.1) is 5.82 Å². The van der Waals surface area contributed by atoms with Crippen LogP contribution in [0.4, 0.5) is 9.52 Å². The first-order chi connectivity index (χ1) is 10.6. The van der Waals surface area contributed by atoms with Gasteiger partial charge in [-0.25, -0.2) is 9.37 Å². The van der Waals surface area contributed by atoms with Crippen molar-refractivity contribution in [2.45, 2.75) is 17.9 Å². The molecule has 1 aromatic carbocycles. The van der Waals surface area contributed by atoms with Crippen LogP contribution in [0.1, 0.15) is 10.6 Å². The fraction of sp³-hybridized carbons (Fsp3) is 0.333. The third-order valence-corrected chi connectivity index (χ3v) is 5.36. The van der Waals surface area contributed by atoms with Crippen molar-refractivity contribution in [3.05, 3.63) is 40.7 Å². The van der Waals surface area contributed by atoms with E-state index >= 15 is 0 Å². The molecule has 1 aliphatic rings. The van der Waals surface area contributed by atoms with Gasteiger partial charge in [0.1, 0.15) is 5.82 Å². The molecule has 0 aliphatic carbocycles. The van der Waals surface area contributed by atoms with Crippen molar-refractivity contribution >= 4 is 46.5 Å². The number of hydrogen-bond donors (Lipinski definition) is 1. The molecule has 3 rings (SSSR count). The zero-order valence-corrected chi connectivity index (χ0v) is 15.0. The summed E-state index contributed by atoms with van der Waals surface area (Å²) in [6.07, 6.45) is 0.933. The summed E-state index contributed by atoms with van der Waals surface area (Å²) < 4.78 is 12.8. The zero-order chi connectivity index (χ0) is 15.5. The molecule has 0 fully saturated rings. The standard InChI is InChI=1S/C15H16FN3OS2.ClH/c1-19-7-6-12-13(8-19)22-15(17-12)18-14(20)9-21-11-4-2-10(16)3-5-11;/h2-5H,6-9H2,1H3,(H,17,18,20);1H. The maximum atomic E-state index is 12.8. The molecule has 0 saturated heterocycles. The molecule has 0 radical (unpaired) electrons. The second-order valence-corrected chi connectivity index (χ2v) is 7.30. The van der Waals surface area contributed by atoms with Crippen LogP contribution in [-0.4, -0.2) is 35.1 Å². The number of aromatic nitrogens is 1. The number of anilines is 1. The van der Waals surface area contributed by atoms with Gasteiger partial charge in [-0.1, -0.05) is 0 Å². The van der Waals surface area contributed by atoms with E-state index in [0.29, 0.717) is 5.13 Å². The summed E-state index contributed by atoms with van der Waals surface area (Å²) in [5.41, 5.74) is 1.10. The van der Waals surface area contributed by atoms with Crippen molar-refractivity contribution in [2.24, 2.45) is 0 Å². The number of hydrogen-bond acceptors (Lipinski definition) is 5. The lowest BCUT2D eigenvalue weighted by Crippen LogP contribution is -2.25. The van der Waals surface area contributed by atoms with E-state index in [1.165, 1.54) is 28.8 Å². The third-order valence-electron chi connectivity index (χ3n) is 3.35. The van der Waals surface area contributed by atoms with Gasteiger partial charge in [0.05, 0.1) is 11.4 Å². The summed E-state index contributed by atoms with van der Waals surface area (Å²) in [4.78, 5) is 20.8.